The van der Waals surface area contributed by atoms with E-state index in [9.17, 15) is 9.59 Å². The summed E-state index contributed by atoms with van der Waals surface area (Å²) in [4.78, 5) is 26.9. The van der Waals surface area contributed by atoms with Crippen LogP contribution in [-0.2, 0) is 9.59 Å². The first-order chi connectivity index (χ1) is 15.4. The van der Waals surface area contributed by atoms with Crippen molar-refractivity contribution in [3.63, 3.8) is 0 Å². The molecule has 1 unspecified atom stereocenters. The molecule has 2 amide bonds. The molecule has 1 saturated heterocycles. The van der Waals surface area contributed by atoms with Crippen molar-refractivity contribution in [2.75, 3.05) is 29.9 Å². The molecule has 2 aromatic rings. The SMILES string of the molecule is CC(CC(=O)Nc1cccc(N2CCCC2)c1)NC(=O)CCCOc1cccc(Cl)c1Cl. The maximum Gasteiger partial charge on any atom is 0.226 e. The van der Waals surface area contributed by atoms with Crippen molar-refractivity contribution in [1.82, 2.24) is 5.32 Å². The summed E-state index contributed by atoms with van der Waals surface area (Å²) in [7, 11) is 0. The van der Waals surface area contributed by atoms with Gasteiger partial charge in [0, 0.05) is 43.3 Å². The number of hydrogen-bond acceptors (Lipinski definition) is 4. The maximum absolute atomic E-state index is 12.4. The van der Waals surface area contributed by atoms with Crippen LogP contribution >= 0.6 is 23.2 Å². The first kappa shape index (κ1) is 24.2. The second kappa shape index (κ2) is 12.0. The molecule has 1 fully saturated rings. The van der Waals surface area contributed by atoms with E-state index >= 15 is 0 Å². The van der Waals surface area contributed by atoms with E-state index in [1.165, 1.54) is 12.8 Å². The molecule has 1 aliphatic heterocycles. The van der Waals surface area contributed by atoms with Crippen LogP contribution in [0.5, 0.6) is 5.75 Å². The fourth-order valence-electron chi connectivity index (χ4n) is 3.65. The molecule has 0 aliphatic carbocycles. The Labute approximate surface area is 199 Å². The molecular formula is C24H29Cl2N3O3. The van der Waals surface area contributed by atoms with Crippen molar-refractivity contribution in [3.8, 4) is 5.75 Å². The van der Waals surface area contributed by atoms with E-state index in [1.807, 2.05) is 25.1 Å². The lowest BCUT2D eigenvalue weighted by Crippen LogP contribution is -2.35. The van der Waals surface area contributed by atoms with Gasteiger partial charge in [-0.3, -0.25) is 9.59 Å². The van der Waals surface area contributed by atoms with Gasteiger partial charge >= 0.3 is 0 Å². The molecule has 0 radical (unpaired) electrons. The third-order valence-electron chi connectivity index (χ3n) is 5.22. The highest BCUT2D eigenvalue weighted by Gasteiger charge is 2.15. The number of rotatable bonds is 10. The van der Waals surface area contributed by atoms with E-state index in [-0.39, 0.29) is 24.3 Å². The predicted octanol–water partition coefficient (Wildman–Crippen LogP) is 5.29. The van der Waals surface area contributed by atoms with Crippen molar-refractivity contribution < 1.29 is 14.3 Å². The van der Waals surface area contributed by atoms with Crippen LogP contribution in [0.3, 0.4) is 0 Å². The molecule has 2 N–H and O–H groups in total. The molecule has 1 atom stereocenters. The molecule has 0 saturated carbocycles. The molecule has 172 valence electrons. The molecule has 32 heavy (non-hydrogen) atoms. The Morgan fingerprint density at radius 2 is 1.84 bits per heavy atom. The van der Waals surface area contributed by atoms with Crippen molar-refractivity contribution in [1.29, 1.82) is 0 Å². The molecule has 1 heterocycles. The molecule has 6 nitrogen and oxygen atoms in total. The van der Waals surface area contributed by atoms with E-state index in [0.29, 0.717) is 35.2 Å². The Morgan fingerprint density at radius 1 is 1.09 bits per heavy atom. The summed E-state index contributed by atoms with van der Waals surface area (Å²) < 4.78 is 5.59. The number of hydrogen-bond donors (Lipinski definition) is 2. The van der Waals surface area contributed by atoms with Crippen LogP contribution in [0.15, 0.2) is 42.5 Å². The van der Waals surface area contributed by atoms with Crippen molar-refractivity contribution >= 4 is 46.4 Å². The van der Waals surface area contributed by atoms with Crippen LogP contribution in [0.4, 0.5) is 11.4 Å². The highest BCUT2D eigenvalue weighted by molar-refractivity contribution is 6.42. The number of nitrogens with one attached hydrogen (secondary N) is 2. The zero-order valence-electron chi connectivity index (χ0n) is 18.2. The van der Waals surface area contributed by atoms with E-state index in [1.54, 1.807) is 18.2 Å². The van der Waals surface area contributed by atoms with E-state index in [4.69, 9.17) is 27.9 Å². The highest BCUT2D eigenvalue weighted by atomic mass is 35.5. The molecular weight excluding hydrogens is 449 g/mol. The lowest BCUT2D eigenvalue weighted by Gasteiger charge is -2.19. The Morgan fingerprint density at radius 3 is 2.62 bits per heavy atom. The number of nitrogens with zero attached hydrogens (tertiary/aromatic N) is 1. The fourth-order valence-corrected chi connectivity index (χ4v) is 4.00. The highest BCUT2D eigenvalue weighted by Crippen LogP contribution is 2.31. The zero-order valence-corrected chi connectivity index (χ0v) is 19.7. The van der Waals surface area contributed by atoms with Gasteiger partial charge < -0.3 is 20.3 Å². The lowest BCUT2D eigenvalue weighted by molar-refractivity contribution is -0.122. The first-order valence-electron chi connectivity index (χ1n) is 10.9. The molecule has 0 bridgehead atoms. The van der Waals surface area contributed by atoms with Gasteiger partial charge in [0.1, 0.15) is 10.8 Å². The topological polar surface area (TPSA) is 70.7 Å². The van der Waals surface area contributed by atoms with E-state index in [2.05, 4.69) is 21.6 Å². The quantitative estimate of drug-likeness (QED) is 0.456. The summed E-state index contributed by atoms with van der Waals surface area (Å²) >= 11 is 12.0. The van der Waals surface area contributed by atoms with Gasteiger partial charge in [0.15, 0.2) is 0 Å². The molecule has 3 rings (SSSR count). The Balaban J connectivity index is 1.36. The number of ether oxygens (including phenoxy) is 1. The average Bonchev–Trinajstić information content (AvgIpc) is 3.29. The number of benzene rings is 2. The van der Waals surface area contributed by atoms with Crippen molar-refractivity contribution in [2.24, 2.45) is 0 Å². The van der Waals surface area contributed by atoms with Gasteiger partial charge in [-0.05, 0) is 56.5 Å². The van der Waals surface area contributed by atoms with Gasteiger partial charge in [0.25, 0.3) is 0 Å². The largest absolute Gasteiger partial charge is 0.492 e. The van der Waals surface area contributed by atoms with Crippen LogP contribution in [0.2, 0.25) is 10.0 Å². The Hall–Kier alpha value is -2.44. The average molecular weight is 478 g/mol. The number of carbonyl (C=O) groups is 2. The summed E-state index contributed by atoms with van der Waals surface area (Å²) in [5.74, 6) is 0.246. The van der Waals surface area contributed by atoms with Crippen molar-refractivity contribution in [3.05, 3.63) is 52.5 Å². The third-order valence-corrected chi connectivity index (χ3v) is 6.02. The van der Waals surface area contributed by atoms with Crippen LogP contribution in [0, 0.1) is 0 Å². The number of halogens is 2. The second-order valence-electron chi connectivity index (χ2n) is 7.97. The summed E-state index contributed by atoms with van der Waals surface area (Å²) in [5.41, 5.74) is 1.90. The zero-order chi connectivity index (χ0) is 22.9. The molecule has 0 spiro atoms. The first-order valence-corrected chi connectivity index (χ1v) is 11.7. The molecule has 0 aromatic heterocycles. The summed E-state index contributed by atoms with van der Waals surface area (Å²) in [5, 5.41) is 6.58. The maximum atomic E-state index is 12.4. The summed E-state index contributed by atoms with van der Waals surface area (Å²) in [6.45, 7) is 4.27. The number of anilines is 2. The smallest absolute Gasteiger partial charge is 0.226 e. The standard InChI is InChI=1S/C24H29Cl2N3O3/c1-17(27-22(30)11-6-14-32-21-10-5-9-20(25)24(21)26)15-23(31)28-18-7-4-8-19(16-18)29-12-2-3-13-29/h4-5,7-10,16-17H,2-3,6,11-15H2,1H3,(H,27,30)(H,28,31). The minimum Gasteiger partial charge on any atom is -0.492 e. The Kier molecular flexibility index (Phi) is 9.06. The van der Waals surface area contributed by atoms with Gasteiger partial charge in [0.05, 0.1) is 11.6 Å². The molecule has 8 heteroatoms. The van der Waals surface area contributed by atoms with Crippen LogP contribution in [-0.4, -0.2) is 37.6 Å². The summed E-state index contributed by atoms with van der Waals surface area (Å²) in [6.07, 6.45) is 3.43. The minimum absolute atomic E-state index is 0.123. The predicted molar refractivity (Wildman–Crippen MR) is 130 cm³/mol. The monoisotopic (exact) mass is 477 g/mol. The summed E-state index contributed by atoms with van der Waals surface area (Å²) in [6, 6.07) is 12.8. The van der Waals surface area contributed by atoms with Crippen molar-refractivity contribution in [2.45, 2.75) is 45.1 Å². The minimum atomic E-state index is -0.271. The van der Waals surface area contributed by atoms with E-state index < -0.39 is 0 Å². The van der Waals surface area contributed by atoms with Gasteiger partial charge in [-0.25, -0.2) is 0 Å². The molecule has 1 aliphatic rings. The van der Waals surface area contributed by atoms with Crippen LogP contribution < -0.4 is 20.3 Å². The fraction of sp³-hybridized carbons (Fsp3) is 0.417. The Bertz CT molecular complexity index is 932. The van der Waals surface area contributed by atoms with Gasteiger partial charge in [0.2, 0.25) is 11.8 Å². The molecule has 2 aromatic carbocycles. The van der Waals surface area contributed by atoms with Gasteiger partial charge in [-0.15, -0.1) is 0 Å². The van der Waals surface area contributed by atoms with E-state index in [0.717, 1.165) is 24.5 Å². The van der Waals surface area contributed by atoms with Crippen LogP contribution in [0.25, 0.3) is 0 Å². The van der Waals surface area contributed by atoms with Crippen LogP contribution in [0.1, 0.15) is 39.0 Å². The third kappa shape index (κ3) is 7.31. The normalized spacial score (nSPS) is 14.2. The number of carbonyl (C=O) groups excluding carboxylic acids is 2. The second-order valence-corrected chi connectivity index (χ2v) is 8.75. The lowest BCUT2D eigenvalue weighted by atomic mass is 10.2. The number of amides is 2. The van der Waals surface area contributed by atoms with Gasteiger partial charge in [-0.1, -0.05) is 35.3 Å². The van der Waals surface area contributed by atoms with Gasteiger partial charge in [-0.2, -0.15) is 0 Å².